The first-order chi connectivity index (χ1) is 10.4. The Kier molecular flexibility index (Phi) is 2.84. The van der Waals surface area contributed by atoms with E-state index >= 15 is 0 Å². The van der Waals surface area contributed by atoms with Crippen LogP contribution in [-0.4, -0.2) is 34.0 Å². The average molecular weight is 300 g/mol. The fourth-order valence-corrected chi connectivity index (χ4v) is 2.68. The molecule has 6 nitrogen and oxygen atoms in total. The quantitative estimate of drug-likeness (QED) is 0.634. The molecular weight excluding hydrogens is 288 g/mol. The van der Waals surface area contributed by atoms with E-state index in [0.717, 1.165) is 0 Å². The van der Waals surface area contributed by atoms with Crippen molar-refractivity contribution in [3.05, 3.63) is 46.0 Å². The van der Waals surface area contributed by atoms with Crippen LogP contribution in [-0.2, 0) is 0 Å². The van der Waals surface area contributed by atoms with E-state index in [1.165, 1.54) is 32.2 Å². The lowest BCUT2D eigenvalue weighted by molar-refractivity contribution is 0.0971. The molecule has 112 valence electrons. The first kappa shape index (κ1) is 13.9. The van der Waals surface area contributed by atoms with Crippen LogP contribution >= 0.6 is 0 Å². The molecule has 0 fully saturated rings. The van der Waals surface area contributed by atoms with Gasteiger partial charge in [0, 0.05) is 11.1 Å². The third kappa shape index (κ3) is 1.54. The minimum absolute atomic E-state index is 0.0000529. The molecule has 22 heavy (non-hydrogen) atoms. The normalized spacial score (nSPS) is 12.8. The predicted octanol–water partition coefficient (Wildman–Crippen LogP) is 1.90. The van der Waals surface area contributed by atoms with Gasteiger partial charge in [-0.05, 0) is 13.0 Å². The van der Waals surface area contributed by atoms with Crippen LogP contribution in [0.4, 0.5) is 0 Å². The number of rotatable bonds is 1. The molecule has 0 saturated heterocycles. The van der Waals surface area contributed by atoms with Crippen LogP contribution in [0.15, 0.2) is 18.2 Å². The van der Waals surface area contributed by atoms with Crippen molar-refractivity contribution in [1.82, 2.24) is 0 Å². The third-order valence-electron chi connectivity index (χ3n) is 3.81. The summed E-state index contributed by atoms with van der Waals surface area (Å²) in [5.74, 6) is -2.73. The zero-order valence-corrected chi connectivity index (χ0v) is 11.8. The van der Waals surface area contributed by atoms with Gasteiger partial charge in [-0.15, -0.1) is 0 Å². The highest BCUT2D eigenvalue weighted by Crippen LogP contribution is 2.47. The van der Waals surface area contributed by atoms with Crippen LogP contribution in [0.2, 0.25) is 0 Å². The summed E-state index contributed by atoms with van der Waals surface area (Å²) in [6, 6.07) is 4.12. The Morgan fingerprint density at radius 2 is 1.59 bits per heavy atom. The Morgan fingerprint density at radius 1 is 0.909 bits per heavy atom. The van der Waals surface area contributed by atoms with Gasteiger partial charge in [0.25, 0.3) is 0 Å². The van der Waals surface area contributed by atoms with Crippen LogP contribution in [0.5, 0.6) is 23.0 Å². The standard InChI is InChI=1S/C16H12O6/c1-6-12(18)10-11(16(22-2)13(6)19)15(21)9-7(14(10)20)4-3-5-8(9)17/h3-5,17-19H,1-2H3. The third-order valence-corrected chi connectivity index (χ3v) is 3.81. The van der Waals surface area contributed by atoms with E-state index in [1.54, 1.807) is 0 Å². The van der Waals surface area contributed by atoms with E-state index in [4.69, 9.17) is 4.74 Å². The highest BCUT2D eigenvalue weighted by molar-refractivity contribution is 6.31. The fourth-order valence-electron chi connectivity index (χ4n) is 2.68. The number of fused-ring (bicyclic) bond motifs is 2. The van der Waals surface area contributed by atoms with Crippen molar-refractivity contribution in [1.29, 1.82) is 0 Å². The maximum Gasteiger partial charge on any atom is 0.202 e. The average Bonchev–Trinajstić information content (AvgIpc) is 2.50. The molecule has 0 bridgehead atoms. The number of hydrogen-bond donors (Lipinski definition) is 3. The second-order valence-corrected chi connectivity index (χ2v) is 4.96. The van der Waals surface area contributed by atoms with E-state index in [-0.39, 0.29) is 39.3 Å². The van der Waals surface area contributed by atoms with E-state index in [1.807, 2.05) is 0 Å². The molecular formula is C16H12O6. The van der Waals surface area contributed by atoms with Crippen molar-refractivity contribution in [3.8, 4) is 23.0 Å². The lowest BCUT2D eigenvalue weighted by Gasteiger charge is -2.23. The summed E-state index contributed by atoms with van der Waals surface area (Å²) in [4.78, 5) is 25.3. The summed E-state index contributed by atoms with van der Waals surface area (Å²) >= 11 is 0. The maximum absolute atomic E-state index is 12.7. The molecule has 0 radical (unpaired) electrons. The second kappa shape index (κ2) is 4.49. The van der Waals surface area contributed by atoms with Crippen LogP contribution in [0.1, 0.15) is 37.4 Å². The number of aromatic hydroxyl groups is 3. The zero-order chi connectivity index (χ0) is 16.2. The maximum atomic E-state index is 12.7. The lowest BCUT2D eigenvalue weighted by atomic mass is 9.81. The Bertz CT molecular complexity index is 850. The first-order valence-electron chi connectivity index (χ1n) is 6.44. The van der Waals surface area contributed by atoms with Gasteiger partial charge in [0.05, 0.1) is 23.8 Å². The van der Waals surface area contributed by atoms with Crippen molar-refractivity contribution in [3.63, 3.8) is 0 Å². The molecule has 0 saturated carbocycles. The fraction of sp³-hybridized carbons (Fsp3) is 0.125. The largest absolute Gasteiger partial charge is 0.507 e. The van der Waals surface area contributed by atoms with E-state index in [0.29, 0.717) is 0 Å². The van der Waals surface area contributed by atoms with Crippen LogP contribution < -0.4 is 4.74 Å². The number of ether oxygens (including phenoxy) is 1. The SMILES string of the molecule is COc1c(O)c(C)c(O)c2c1C(=O)c1c(O)cccc1C2=O. The van der Waals surface area contributed by atoms with Crippen molar-refractivity contribution in [2.75, 3.05) is 7.11 Å². The van der Waals surface area contributed by atoms with Gasteiger partial charge in [-0.1, -0.05) is 12.1 Å². The van der Waals surface area contributed by atoms with E-state index < -0.39 is 23.1 Å². The van der Waals surface area contributed by atoms with E-state index in [2.05, 4.69) is 0 Å². The molecule has 2 aromatic carbocycles. The second-order valence-electron chi connectivity index (χ2n) is 4.96. The molecule has 0 atom stereocenters. The van der Waals surface area contributed by atoms with Gasteiger partial charge in [-0.25, -0.2) is 0 Å². The van der Waals surface area contributed by atoms with Crippen molar-refractivity contribution < 1.29 is 29.6 Å². The molecule has 0 spiro atoms. The minimum Gasteiger partial charge on any atom is -0.507 e. The van der Waals surface area contributed by atoms with Crippen LogP contribution in [0.25, 0.3) is 0 Å². The molecule has 0 aliphatic heterocycles. The molecule has 6 heteroatoms. The number of methoxy groups -OCH3 is 1. The van der Waals surface area contributed by atoms with Crippen LogP contribution in [0.3, 0.4) is 0 Å². The number of phenolic OH excluding ortho intramolecular Hbond substituents is 3. The Morgan fingerprint density at radius 3 is 2.23 bits per heavy atom. The molecule has 0 unspecified atom stereocenters. The molecule has 2 aromatic rings. The first-order valence-corrected chi connectivity index (χ1v) is 6.44. The van der Waals surface area contributed by atoms with Gasteiger partial charge in [-0.3, -0.25) is 9.59 Å². The van der Waals surface area contributed by atoms with Gasteiger partial charge in [0.2, 0.25) is 5.78 Å². The van der Waals surface area contributed by atoms with Gasteiger partial charge in [0.1, 0.15) is 11.5 Å². The molecule has 0 heterocycles. The Balaban J connectivity index is 2.48. The Labute approximate surface area is 125 Å². The minimum atomic E-state index is -0.690. The number of phenols is 3. The summed E-state index contributed by atoms with van der Waals surface area (Å²) in [7, 11) is 1.24. The monoisotopic (exact) mass is 300 g/mol. The van der Waals surface area contributed by atoms with Gasteiger partial charge >= 0.3 is 0 Å². The summed E-state index contributed by atoms with van der Waals surface area (Å²) in [5.41, 5.74) is -0.599. The van der Waals surface area contributed by atoms with Crippen molar-refractivity contribution >= 4 is 11.6 Å². The summed E-state index contributed by atoms with van der Waals surface area (Å²) in [6.07, 6.45) is 0. The number of hydrogen-bond acceptors (Lipinski definition) is 6. The predicted molar refractivity (Wildman–Crippen MR) is 76.0 cm³/mol. The highest BCUT2D eigenvalue weighted by atomic mass is 16.5. The number of carbonyl (C=O) groups is 2. The number of benzene rings is 2. The topological polar surface area (TPSA) is 104 Å². The summed E-state index contributed by atoms with van der Waals surface area (Å²) in [6.45, 7) is 1.41. The molecule has 3 rings (SSSR count). The molecule has 1 aliphatic rings. The number of ketones is 2. The number of carbonyl (C=O) groups excluding carboxylic acids is 2. The smallest absolute Gasteiger partial charge is 0.202 e. The molecule has 1 aliphatic carbocycles. The van der Waals surface area contributed by atoms with Crippen molar-refractivity contribution in [2.45, 2.75) is 6.92 Å². The van der Waals surface area contributed by atoms with Gasteiger partial charge in [0.15, 0.2) is 17.3 Å². The van der Waals surface area contributed by atoms with Crippen LogP contribution in [0, 0.1) is 6.92 Å². The molecule has 0 aromatic heterocycles. The lowest BCUT2D eigenvalue weighted by Crippen LogP contribution is -2.22. The zero-order valence-electron chi connectivity index (χ0n) is 11.8. The molecule has 3 N–H and O–H groups in total. The van der Waals surface area contributed by atoms with Gasteiger partial charge in [-0.2, -0.15) is 0 Å². The summed E-state index contributed by atoms with van der Waals surface area (Å²) in [5, 5.41) is 30.1. The molecule has 0 amide bonds. The van der Waals surface area contributed by atoms with E-state index in [9.17, 15) is 24.9 Å². The van der Waals surface area contributed by atoms with Crippen molar-refractivity contribution in [2.24, 2.45) is 0 Å². The Hall–Kier alpha value is -3.02. The van der Waals surface area contributed by atoms with Gasteiger partial charge < -0.3 is 20.1 Å². The summed E-state index contributed by atoms with van der Waals surface area (Å²) < 4.78 is 5.04. The highest BCUT2D eigenvalue weighted by Gasteiger charge is 2.38.